The minimum Gasteiger partial charge on any atom is -0.444 e. The van der Waals surface area contributed by atoms with E-state index >= 15 is 0 Å². The molecule has 1 heterocycles. The van der Waals surface area contributed by atoms with Crippen LogP contribution in [0.25, 0.3) is 0 Å². The molecule has 0 saturated heterocycles. The van der Waals surface area contributed by atoms with Gasteiger partial charge in [0.1, 0.15) is 11.7 Å². The summed E-state index contributed by atoms with van der Waals surface area (Å²) in [5.74, 6) is -0.879. The summed E-state index contributed by atoms with van der Waals surface area (Å²) in [4.78, 5) is 14.9. The molecule has 0 radical (unpaired) electrons. The number of carbonyl (C=O) groups is 1. The van der Waals surface area contributed by atoms with E-state index in [1.807, 2.05) is 0 Å². The van der Waals surface area contributed by atoms with Gasteiger partial charge in [-0.05, 0) is 33.3 Å². The second kappa shape index (κ2) is 7.71. The molecule has 0 fully saturated rings. The van der Waals surface area contributed by atoms with Crippen molar-refractivity contribution in [3.8, 4) is 0 Å². The van der Waals surface area contributed by atoms with Gasteiger partial charge in [-0.1, -0.05) is 11.6 Å². The zero-order chi connectivity index (χ0) is 16.9. The number of halogens is 2. The molecule has 0 aromatic carbocycles. The number of nitrogens with zero attached hydrogens (tertiary/aromatic N) is 1. The van der Waals surface area contributed by atoms with E-state index in [0.717, 1.165) is 0 Å². The van der Waals surface area contributed by atoms with E-state index in [9.17, 15) is 19.4 Å². The number of aliphatic hydroxyl groups is 2. The molecule has 0 aliphatic heterocycles. The normalized spacial score (nSPS) is 14.3. The monoisotopic (exact) mass is 334 g/mol. The van der Waals surface area contributed by atoms with Crippen LogP contribution in [-0.4, -0.2) is 39.5 Å². The molecule has 2 atom stereocenters. The van der Waals surface area contributed by atoms with E-state index in [-0.39, 0.29) is 23.7 Å². The number of rotatable bonds is 5. The maximum absolute atomic E-state index is 13.7. The van der Waals surface area contributed by atoms with Crippen molar-refractivity contribution in [2.24, 2.45) is 0 Å². The highest BCUT2D eigenvalue weighted by molar-refractivity contribution is 6.29. The minimum absolute atomic E-state index is 0.0137. The fourth-order valence-electron chi connectivity index (χ4n) is 1.66. The van der Waals surface area contributed by atoms with Gasteiger partial charge in [0.05, 0.1) is 6.10 Å². The topological polar surface area (TPSA) is 91.7 Å². The van der Waals surface area contributed by atoms with Crippen LogP contribution in [0.1, 0.15) is 38.9 Å². The number of alkyl carbamates (subject to hydrolysis) is 1. The summed E-state index contributed by atoms with van der Waals surface area (Å²) in [7, 11) is 0. The number of pyridine rings is 1. The molecule has 22 heavy (non-hydrogen) atoms. The molecule has 1 rings (SSSR count). The zero-order valence-corrected chi connectivity index (χ0v) is 13.4. The lowest BCUT2D eigenvalue weighted by Gasteiger charge is -2.21. The van der Waals surface area contributed by atoms with Crippen molar-refractivity contribution in [2.75, 3.05) is 6.54 Å². The molecule has 1 aromatic heterocycles. The average Bonchev–Trinajstić information content (AvgIpc) is 2.39. The Morgan fingerprint density at radius 3 is 2.73 bits per heavy atom. The standard InChI is InChI=1S/C14H20ClFN2O4/c1-14(2,3)22-13(21)18-7-5-9(19)11(20)8-4-6-17-12(15)10(8)16/h4,6,9,11,19-20H,5,7H2,1-3H3,(H,18,21). The first-order valence-corrected chi connectivity index (χ1v) is 7.12. The smallest absolute Gasteiger partial charge is 0.407 e. The summed E-state index contributed by atoms with van der Waals surface area (Å²) in [5, 5.41) is 21.8. The highest BCUT2D eigenvalue weighted by Crippen LogP contribution is 2.24. The van der Waals surface area contributed by atoms with Gasteiger partial charge in [0.25, 0.3) is 0 Å². The predicted octanol–water partition coefficient (Wildman–Crippen LogP) is 2.18. The molecule has 6 nitrogen and oxygen atoms in total. The van der Waals surface area contributed by atoms with Crippen LogP contribution in [0.15, 0.2) is 12.3 Å². The first kappa shape index (κ1) is 18.6. The van der Waals surface area contributed by atoms with Gasteiger partial charge in [-0.15, -0.1) is 0 Å². The van der Waals surface area contributed by atoms with Gasteiger partial charge in [0, 0.05) is 18.3 Å². The van der Waals surface area contributed by atoms with Crippen molar-refractivity contribution in [3.05, 3.63) is 28.8 Å². The Bertz CT molecular complexity index is 522. The molecular weight excluding hydrogens is 315 g/mol. The molecule has 0 bridgehead atoms. The SMILES string of the molecule is CC(C)(C)OC(=O)NCCC(O)C(O)c1ccnc(Cl)c1F. The van der Waals surface area contributed by atoms with Crippen molar-refractivity contribution in [3.63, 3.8) is 0 Å². The lowest BCUT2D eigenvalue weighted by molar-refractivity contribution is 0.0103. The van der Waals surface area contributed by atoms with E-state index in [2.05, 4.69) is 10.3 Å². The van der Waals surface area contributed by atoms with Crippen LogP contribution >= 0.6 is 11.6 Å². The number of hydrogen-bond acceptors (Lipinski definition) is 5. The summed E-state index contributed by atoms with van der Waals surface area (Å²) in [5.41, 5.74) is -0.774. The number of ether oxygens (including phenoxy) is 1. The molecule has 3 N–H and O–H groups in total. The van der Waals surface area contributed by atoms with Crippen molar-refractivity contribution in [2.45, 2.75) is 45.0 Å². The summed E-state index contributed by atoms with van der Waals surface area (Å²) in [6.07, 6.45) is -2.13. The number of carbonyl (C=O) groups excluding carboxylic acids is 1. The Kier molecular flexibility index (Phi) is 6.52. The van der Waals surface area contributed by atoms with Crippen molar-refractivity contribution < 1.29 is 24.1 Å². The van der Waals surface area contributed by atoms with Crippen molar-refractivity contribution in [1.29, 1.82) is 0 Å². The van der Waals surface area contributed by atoms with Crippen LogP contribution in [0.2, 0.25) is 5.15 Å². The predicted molar refractivity (Wildman–Crippen MR) is 79.0 cm³/mol. The van der Waals surface area contributed by atoms with Crippen molar-refractivity contribution >= 4 is 17.7 Å². The third-order valence-corrected chi connectivity index (χ3v) is 2.93. The molecule has 0 spiro atoms. The number of aromatic nitrogens is 1. The van der Waals surface area contributed by atoms with E-state index < -0.39 is 29.7 Å². The van der Waals surface area contributed by atoms with Gasteiger partial charge >= 0.3 is 6.09 Å². The van der Waals surface area contributed by atoms with E-state index in [1.54, 1.807) is 20.8 Å². The molecule has 0 saturated carbocycles. The average molecular weight is 335 g/mol. The Morgan fingerprint density at radius 2 is 2.14 bits per heavy atom. The van der Waals surface area contributed by atoms with E-state index in [4.69, 9.17) is 16.3 Å². The fourth-order valence-corrected chi connectivity index (χ4v) is 1.83. The molecule has 1 aromatic rings. The minimum atomic E-state index is -1.47. The third kappa shape index (κ3) is 5.75. The largest absolute Gasteiger partial charge is 0.444 e. The van der Waals surface area contributed by atoms with E-state index in [1.165, 1.54) is 12.3 Å². The van der Waals surface area contributed by atoms with Crippen LogP contribution in [0.5, 0.6) is 0 Å². The molecule has 0 aliphatic carbocycles. The van der Waals surface area contributed by atoms with Crippen LogP contribution in [0.4, 0.5) is 9.18 Å². The van der Waals surface area contributed by atoms with Crippen molar-refractivity contribution in [1.82, 2.24) is 10.3 Å². The van der Waals surface area contributed by atoms with Gasteiger partial charge in [-0.25, -0.2) is 14.2 Å². The molecule has 8 heteroatoms. The quantitative estimate of drug-likeness (QED) is 0.718. The van der Waals surface area contributed by atoms with Gasteiger partial charge in [-0.3, -0.25) is 0 Å². The molecule has 1 amide bonds. The number of amides is 1. The lowest BCUT2D eigenvalue weighted by atomic mass is 10.0. The highest BCUT2D eigenvalue weighted by Gasteiger charge is 2.23. The first-order valence-electron chi connectivity index (χ1n) is 6.74. The maximum atomic E-state index is 13.7. The molecular formula is C14H20ClFN2O4. The van der Waals surface area contributed by atoms with Gasteiger partial charge < -0.3 is 20.3 Å². The number of hydrogen-bond donors (Lipinski definition) is 3. The Hall–Kier alpha value is -1.44. The highest BCUT2D eigenvalue weighted by atomic mass is 35.5. The summed E-state index contributed by atoms with van der Waals surface area (Å²) >= 11 is 5.52. The second-order valence-electron chi connectivity index (χ2n) is 5.73. The van der Waals surface area contributed by atoms with Crippen LogP contribution in [0.3, 0.4) is 0 Å². The summed E-state index contributed by atoms with van der Waals surface area (Å²) in [6, 6.07) is 1.23. The van der Waals surface area contributed by atoms with E-state index in [0.29, 0.717) is 0 Å². The van der Waals surface area contributed by atoms with Crippen LogP contribution in [0, 0.1) is 5.82 Å². The summed E-state index contributed by atoms with van der Waals surface area (Å²) in [6.45, 7) is 5.23. The molecule has 124 valence electrons. The van der Waals surface area contributed by atoms with Crippen LogP contribution < -0.4 is 5.32 Å². The van der Waals surface area contributed by atoms with Gasteiger partial charge in [0.15, 0.2) is 11.0 Å². The Balaban J connectivity index is 2.50. The zero-order valence-electron chi connectivity index (χ0n) is 12.6. The second-order valence-corrected chi connectivity index (χ2v) is 6.09. The Labute approximate surface area is 133 Å². The molecule has 0 aliphatic rings. The third-order valence-electron chi connectivity index (χ3n) is 2.67. The first-order chi connectivity index (χ1) is 10.1. The van der Waals surface area contributed by atoms with Crippen LogP contribution in [-0.2, 0) is 4.74 Å². The lowest BCUT2D eigenvalue weighted by Crippen LogP contribution is -2.34. The fraction of sp³-hybridized carbons (Fsp3) is 0.571. The maximum Gasteiger partial charge on any atom is 0.407 e. The number of aliphatic hydroxyl groups excluding tert-OH is 2. The van der Waals surface area contributed by atoms with Gasteiger partial charge in [0.2, 0.25) is 0 Å². The Morgan fingerprint density at radius 1 is 1.50 bits per heavy atom. The summed E-state index contributed by atoms with van der Waals surface area (Å²) < 4.78 is 18.7. The number of nitrogens with one attached hydrogen (secondary N) is 1. The molecule has 2 unspecified atom stereocenters. The van der Waals surface area contributed by atoms with Gasteiger partial charge in [-0.2, -0.15) is 0 Å².